The van der Waals surface area contributed by atoms with Crippen LogP contribution in [0, 0.1) is 0 Å². The van der Waals surface area contributed by atoms with Crippen LogP contribution in [0.4, 0.5) is 29.7 Å². The molecular formula is C30H35F3N6S. The van der Waals surface area contributed by atoms with Crippen LogP contribution in [0.25, 0.3) is 10.9 Å². The highest BCUT2D eigenvalue weighted by Gasteiger charge is 2.30. The summed E-state index contributed by atoms with van der Waals surface area (Å²) in [6.07, 6.45) is 4.32. The first-order valence-corrected chi connectivity index (χ1v) is 14.8. The molecule has 6 nitrogen and oxygen atoms in total. The Balaban J connectivity index is 1.01. The Bertz CT molecular complexity index is 1400. The lowest BCUT2D eigenvalue weighted by Gasteiger charge is -2.21. The third kappa shape index (κ3) is 7.28. The van der Waals surface area contributed by atoms with Gasteiger partial charge in [0.1, 0.15) is 5.82 Å². The van der Waals surface area contributed by atoms with E-state index in [2.05, 4.69) is 56.5 Å². The maximum Gasteiger partial charge on any atom is 0.416 e. The summed E-state index contributed by atoms with van der Waals surface area (Å²) in [6, 6.07) is 13.6. The number of nitrogens with one attached hydrogen (secondary N) is 3. The van der Waals surface area contributed by atoms with E-state index in [0.717, 1.165) is 68.7 Å². The topological polar surface area (TPSA) is 74.8 Å². The second-order valence-corrected chi connectivity index (χ2v) is 11.2. The van der Waals surface area contributed by atoms with E-state index in [4.69, 9.17) is 4.98 Å². The largest absolute Gasteiger partial charge is 0.416 e. The van der Waals surface area contributed by atoms with Gasteiger partial charge in [-0.15, -0.1) is 0 Å². The van der Waals surface area contributed by atoms with E-state index in [-0.39, 0.29) is 6.04 Å². The number of aryl methyl sites for hydroxylation is 1. The molecule has 40 heavy (non-hydrogen) atoms. The van der Waals surface area contributed by atoms with Crippen molar-refractivity contribution in [3.05, 3.63) is 71.2 Å². The molecule has 212 valence electrons. The molecule has 0 aliphatic heterocycles. The lowest BCUT2D eigenvalue weighted by Crippen LogP contribution is -2.29. The van der Waals surface area contributed by atoms with Gasteiger partial charge in [-0.05, 0) is 87.9 Å². The van der Waals surface area contributed by atoms with Gasteiger partial charge in [0.25, 0.3) is 0 Å². The van der Waals surface area contributed by atoms with Crippen molar-refractivity contribution in [2.24, 2.45) is 0 Å². The third-order valence-electron chi connectivity index (χ3n) is 7.24. The smallest absolute Gasteiger partial charge is 0.384 e. The summed E-state index contributed by atoms with van der Waals surface area (Å²) in [5.41, 5.74) is 4.92. The van der Waals surface area contributed by atoms with Gasteiger partial charge in [0.15, 0.2) is 0 Å². The molecule has 0 amide bonds. The molecule has 2 aromatic heterocycles. The molecule has 1 unspecified atom stereocenters. The molecule has 5 rings (SSSR count). The number of benzene rings is 2. The minimum absolute atomic E-state index is 0.223. The number of aromatic nitrogens is 3. The molecule has 0 spiro atoms. The van der Waals surface area contributed by atoms with Gasteiger partial charge in [-0.2, -0.15) is 17.5 Å². The van der Waals surface area contributed by atoms with E-state index >= 15 is 0 Å². The first kappa shape index (κ1) is 28.3. The van der Waals surface area contributed by atoms with Crippen molar-refractivity contribution in [1.82, 2.24) is 19.7 Å². The number of para-hydroxylation sites is 1. The standard InChI is InChI=1S/C30H35F3N6S/c1-20(19-27-38-29(40-39-27)36-22-15-13-21(14-16-22)30(31,32)33)34-17-7-2-8-18-35-28-23-9-3-5-11-25(23)37-26-12-6-4-10-24(26)28/h3,5,9,11,13-16,20,34H,2,4,6-8,10,12,17-19H2,1H3,(H,35,37)(H,36,38,39). The minimum Gasteiger partial charge on any atom is -0.384 e. The molecule has 0 saturated carbocycles. The van der Waals surface area contributed by atoms with Crippen LogP contribution in [0.15, 0.2) is 48.5 Å². The number of fused-ring (bicyclic) bond motifs is 2. The Morgan fingerprint density at radius 1 is 0.925 bits per heavy atom. The second-order valence-electron chi connectivity index (χ2n) is 10.4. The van der Waals surface area contributed by atoms with Crippen molar-refractivity contribution in [2.45, 2.75) is 70.5 Å². The van der Waals surface area contributed by atoms with E-state index in [1.807, 2.05) is 0 Å². The van der Waals surface area contributed by atoms with Crippen molar-refractivity contribution in [3.63, 3.8) is 0 Å². The van der Waals surface area contributed by atoms with Gasteiger partial charge >= 0.3 is 6.18 Å². The molecule has 4 aromatic rings. The lowest BCUT2D eigenvalue weighted by atomic mass is 9.92. The maximum absolute atomic E-state index is 12.7. The summed E-state index contributed by atoms with van der Waals surface area (Å²) in [6.45, 7) is 3.99. The first-order valence-electron chi connectivity index (χ1n) is 14.0. The summed E-state index contributed by atoms with van der Waals surface area (Å²) in [5.74, 6) is 0.719. The van der Waals surface area contributed by atoms with Crippen molar-refractivity contribution in [3.8, 4) is 0 Å². The van der Waals surface area contributed by atoms with E-state index in [1.54, 1.807) is 0 Å². The molecule has 2 aromatic carbocycles. The van der Waals surface area contributed by atoms with E-state index in [0.29, 0.717) is 17.2 Å². The maximum atomic E-state index is 12.7. The SMILES string of the molecule is CC(Cc1nsc(Nc2ccc(C(F)(F)F)cc2)n1)NCCCCCNc1c2c(nc3ccccc13)CCCC2. The van der Waals surface area contributed by atoms with Gasteiger partial charge in [-0.1, -0.05) is 24.6 Å². The Labute approximate surface area is 237 Å². The minimum atomic E-state index is -4.34. The average molecular weight is 569 g/mol. The molecule has 0 saturated heterocycles. The number of nitrogens with zero attached hydrogens (tertiary/aromatic N) is 3. The van der Waals surface area contributed by atoms with E-state index in [1.165, 1.54) is 58.8 Å². The predicted octanol–water partition coefficient (Wildman–Crippen LogP) is 7.53. The van der Waals surface area contributed by atoms with Crippen LogP contribution in [0.2, 0.25) is 0 Å². The van der Waals surface area contributed by atoms with E-state index in [9.17, 15) is 13.2 Å². The molecule has 2 heterocycles. The van der Waals surface area contributed by atoms with Crippen molar-refractivity contribution < 1.29 is 13.2 Å². The van der Waals surface area contributed by atoms with Crippen LogP contribution in [-0.2, 0) is 25.4 Å². The summed E-state index contributed by atoms with van der Waals surface area (Å²) >= 11 is 1.21. The molecule has 10 heteroatoms. The third-order valence-corrected chi connectivity index (χ3v) is 7.91. The normalized spacial score (nSPS) is 14.2. The molecule has 3 N–H and O–H groups in total. The summed E-state index contributed by atoms with van der Waals surface area (Å²) in [5, 5.41) is 12.1. The number of pyridine rings is 1. The van der Waals surface area contributed by atoms with Gasteiger partial charge in [-0.3, -0.25) is 4.98 Å². The van der Waals surface area contributed by atoms with Crippen LogP contribution < -0.4 is 16.0 Å². The van der Waals surface area contributed by atoms with Gasteiger partial charge in [0.2, 0.25) is 5.13 Å². The van der Waals surface area contributed by atoms with Crippen LogP contribution in [0.1, 0.15) is 61.7 Å². The Morgan fingerprint density at radius 3 is 2.52 bits per heavy atom. The van der Waals surface area contributed by atoms with Crippen LogP contribution in [-0.4, -0.2) is 33.5 Å². The molecule has 1 aliphatic carbocycles. The molecule has 0 fully saturated rings. The number of hydrogen-bond donors (Lipinski definition) is 3. The zero-order valence-electron chi connectivity index (χ0n) is 22.7. The van der Waals surface area contributed by atoms with Crippen molar-refractivity contribution >= 4 is 38.9 Å². The Morgan fingerprint density at radius 2 is 1.70 bits per heavy atom. The van der Waals surface area contributed by atoms with Gasteiger partial charge in [0.05, 0.1) is 11.1 Å². The van der Waals surface area contributed by atoms with Crippen LogP contribution >= 0.6 is 11.5 Å². The first-order chi connectivity index (χ1) is 19.4. The Kier molecular flexibility index (Phi) is 9.16. The van der Waals surface area contributed by atoms with Gasteiger partial charge in [0, 0.05) is 53.0 Å². The number of hydrogen-bond acceptors (Lipinski definition) is 7. The van der Waals surface area contributed by atoms with Gasteiger partial charge < -0.3 is 16.0 Å². The molecule has 0 radical (unpaired) electrons. The quantitative estimate of drug-likeness (QED) is 0.153. The molecular weight excluding hydrogens is 533 g/mol. The lowest BCUT2D eigenvalue weighted by molar-refractivity contribution is -0.137. The number of alkyl halides is 3. The fourth-order valence-corrected chi connectivity index (χ4v) is 5.78. The Hall–Kier alpha value is -3.24. The molecule has 1 atom stereocenters. The predicted molar refractivity (Wildman–Crippen MR) is 157 cm³/mol. The second kappa shape index (κ2) is 13.0. The zero-order valence-corrected chi connectivity index (χ0v) is 23.5. The number of anilines is 3. The summed E-state index contributed by atoms with van der Waals surface area (Å²) < 4.78 is 42.6. The fourth-order valence-electron chi connectivity index (χ4n) is 5.16. The average Bonchev–Trinajstić information content (AvgIpc) is 3.38. The highest BCUT2D eigenvalue weighted by atomic mass is 32.1. The fraction of sp³-hybridized carbons (Fsp3) is 0.433. The van der Waals surface area contributed by atoms with Crippen molar-refractivity contribution in [1.29, 1.82) is 0 Å². The number of halogens is 3. The molecule has 1 aliphatic rings. The van der Waals surface area contributed by atoms with E-state index < -0.39 is 11.7 Å². The summed E-state index contributed by atoms with van der Waals surface area (Å²) in [4.78, 5) is 9.42. The van der Waals surface area contributed by atoms with Gasteiger partial charge in [-0.25, -0.2) is 4.98 Å². The number of unbranched alkanes of at least 4 members (excludes halogenated alkanes) is 2. The highest BCUT2D eigenvalue weighted by Crippen LogP contribution is 2.33. The van der Waals surface area contributed by atoms with Crippen LogP contribution in [0.5, 0.6) is 0 Å². The van der Waals surface area contributed by atoms with Crippen molar-refractivity contribution in [2.75, 3.05) is 23.7 Å². The summed E-state index contributed by atoms with van der Waals surface area (Å²) in [7, 11) is 0. The van der Waals surface area contributed by atoms with Crippen LogP contribution in [0.3, 0.4) is 0 Å². The molecule has 0 bridgehead atoms. The monoisotopic (exact) mass is 568 g/mol. The highest BCUT2D eigenvalue weighted by molar-refractivity contribution is 7.09. The zero-order chi connectivity index (χ0) is 28.0. The number of rotatable bonds is 12.